The van der Waals surface area contributed by atoms with Gasteiger partial charge in [0.05, 0.1) is 5.56 Å². The summed E-state index contributed by atoms with van der Waals surface area (Å²) in [5.74, 6) is 0.145. The van der Waals surface area contributed by atoms with E-state index in [1.165, 1.54) is 5.56 Å². The normalized spacial score (nSPS) is 11.0. The fraction of sp³-hybridized carbons (Fsp3) is 0.333. The van der Waals surface area contributed by atoms with E-state index in [0.29, 0.717) is 11.4 Å². The molecule has 0 unspecified atom stereocenters. The molecule has 1 aromatic carbocycles. The van der Waals surface area contributed by atoms with Crippen molar-refractivity contribution >= 4 is 0 Å². The molecule has 4 nitrogen and oxygen atoms in total. The molecule has 1 aromatic heterocycles. The van der Waals surface area contributed by atoms with Gasteiger partial charge in [-0.15, -0.1) is 0 Å². The third-order valence-electron chi connectivity index (χ3n) is 3.29. The van der Waals surface area contributed by atoms with Crippen LogP contribution in [0.5, 0.6) is 5.88 Å². The first kappa shape index (κ1) is 13.3. The summed E-state index contributed by atoms with van der Waals surface area (Å²) in [6.07, 6.45) is 0. The number of nitrogens with zero attached hydrogens (tertiary/aromatic N) is 1. The average Bonchev–Trinajstić information content (AvgIpc) is 2.31. The van der Waals surface area contributed by atoms with Crippen molar-refractivity contribution in [3.05, 3.63) is 45.2 Å². The van der Waals surface area contributed by atoms with Gasteiger partial charge < -0.3 is 10.1 Å². The standard InChI is InChI=1S/C15H18N2O2/c1-8(2)12-14(18)16-13(17-15(12)19)11-6-5-9(3)10(4)7-11/h5-8H,1-4H3,(H2,16,17,18,19). The molecule has 2 aromatic rings. The monoisotopic (exact) mass is 258 g/mol. The maximum atomic E-state index is 12.0. The molecular formula is C15H18N2O2. The molecule has 0 saturated carbocycles. The molecule has 100 valence electrons. The molecule has 0 aliphatic rings. The second-order valence-corrected chi connectivity index (χ2v) is 5.11. The Morgan fingerprint density at radius 1 is 1.21 bits per heavy atom. The third-order valence-corrected chi connectivity index (χ3v) is 3.29. The number of aromatic amines is 1. The van der Waals surface area contributed by atoms with Crippen molar-refractivity contribution in [3.63, 3.8) is 0 Å². The van der Waals surface area contributed by atoms with Crippen molar-refractivity contribution in [2.75, 3.05) is 0 Å². The van der Waals surface area contributed by atoms with Gasteiger partial charge in [-0.3, -0.25) is 4.79 Å². The van der Waals surface area contributed by atoms with Crippen molar-refractivity contribution in [1.82, 2.24) is 9.97 Å². The first-order valence-corrected chi connectivity index (χ1v) is 6.31. The van der Waals surface area contributed by atoms with Gasteiger partial charge in [-0.2, -0.15) is 4.98 Å². The number of aromatic hydroxyl groups is 1. The summed E-state index contributed by atoms with van der Waals surface area (Å²) in [6, 6.07) is 5.80. The lowest BCUT2D eigenvalue weighted by Gasteiger charge is -2.09. The minimum Gasteiger partial charge on any atom is -0.493 e. The average molecular weight is 258 g/mol. The summed E-state index contributed by atoms with van der Waals surface area (Å²) in [4.78, 5) is 18.8. The van der Waals surface area contributed by atoms with Gasteiger partial charge in [-0.1, -0.05) is 26.0 Å². The van der Waals surface area contributed by atoms with Crippen LogP contribution in [-0.4, -0.2) is 15.1 Å². The van der Waals surface area contributed by atoms with E-state index in [9.17, 15) is 9.90 Å². The summed E-state index contributed by atoms with van der Waals surface area (Å²) in [5.41, 5.74) is 3.14. The minimum absolute atomic E-state index is 0.0648. The molecule has 0 saturated heterocycles. The van der Waals surface area contributed by atoms with Gasteiger partial charge in [-0.05, 0) is 37.0 Å². The highest BCUT2D eigenvalue weighted by Gasteiger charge is 2.14. The maximum absolute atomic E-state index is 12.0. The van der Waals surface area contributed by atoms with E-state index in [4.69, 9.17) is 0 Å². The Morgan fingerprint density at radius 3 is 2.42 bits per heavy atom. The molecule has 0 bridgehead atoms. The van der Waals surface area contributed by atoms with Crippen LogP contribution < -0.4 is 5.56 Å². The fourth-order valence-corrected chi connectivity index (χ4v) is 2.02. The summed E-state index contributed by atoms with van der Waals surface area (Å²) < 4.78 is 0. The van der Waals surface area contributed by atoms with E-state index in [1.54, 1.807) is 0 Å². The van der Waals surface area contributed by atoms with Crippen molar-refractivity contribution < 1.29 is 5.11 Å². The number of H-pyrrole nitrogens is 1. The summed E-state index contributed by atoms with van der Waals surface area (Å²) in [7, 11) is 0. The van der Waals surface area contributed by atoms with Crippen molar-refractivity contribution in [2.45, 2.75) is 33.6 Å². The Kier molecular flexibility index (Phi) is 3.42. The van der Waals surface area contributed by atoms with Gasteiger partial charge >= 0.3 is 0 Å². The molecule has 0 amide bonds. The van der Waals surface area contributed by atoms with Crippen LogP contribution in [-0.2, 0) is 0 Å². The largest absolute Gasteiger partial charge is 0.493 e. The number of nitrogens with one attached hydrogen (secondary N) is 1. The second kappa shape index (κ2) is 4.88. The van der Waals surface area contributed by atoms with Gasteiger partial charge in [-0.25, -0.2) is 0 Å². The molecule has 0 atom stereocenters. The smallest absolute Gasteiger partial charge is 0.258 e. The number of aromatic nitrogens is 2. The minimum atomic E-state index is -0.282. The van der Waals surface area contributed by atoms with Crippen LogP contribution in [0.25, 0.3) is 11.4 Å². The van der Waals surface area contributed by atoms with E-state index in [0.717, 1.165) is 11.1 Å². The molecule has 0 aliphatic carbocycles. The van der Waals surface area contributed by atoms with Crippen LogP contribution in [0, 0.1) is 13.8 Å². The number of hydrogen-bond acceptors (Lipinski definition) is 3. The van der Waals surface area contributed by atoms with E-state index in [1.807, 2.05) is 45.9 Å². The lowest BCUT2D eigenvalue weighted by Crippen LogP contribution is -2.16. The molecule has 0 aliphatic heterocycles. The van der Waals surface area contributed by atoms with Crippen LogP contribution in [0.3, 0.4) is 0 Å². The van der Waals surface area contributed by atoms with Crippen LogP contribution in [0.15, 0.2) is 23.0 Å². The predicted molar refractivity (Wildman–Crippen MR) is 75.5 cm³/mol. The first-order valence-electron chi connectivity index (χ1n) is 6.31. The van der Waals surface area contributed by atoms with Gasteiger partial charge in [0.1, 0.15) is 5.82 Å². The highest BCUT2D eigenvalue weighted by atomic mass is 16.3. The van der Waals surface area contributed by atoms with Crippen LogP contribution >= 0.6 is 0 Å². The molecule has 0 spiro atoms. The first-order chi connectivity index (χ1) is 8.90. The summed E-state index contributed by atoms with van der Waals surface area (Å²) in [5, 5.41) is 9.90. The zero-order valence-electron chi connectivity index (χ0n) is 11.6. The van der Waals surface area contributed by atoms with Crippen molar-refractivity contribution in [2.24, 2.45) is 0 Å². The van der Waals surface area contributed by atoms with E-state index in [2.05, 4.69) is 9.97 Å². The third kappa shape index (κ3) is 2.52. The van der Waals surface area contributed by atoms with Gasteiger partial charge in [0.15, 0.2) is 0 Å². The number of benzene rings is 1. The quantitative estimate of drug-likeness (QED) is 0.870. The Morgan fingerprint density at radius 2 is 1.89 bits per heavy atom. The van der Waals surface area contributed by atoms with Gasteiger partial charge in [0, 0.05) is 5.56 Å². The second-order valence-electron chi connectivity index (χ2n) is 5.11. The van der Waals surface area contributed by atoms with Crippen LogP contribution in [0.2, 0.25) is 0 Å². The topological polar surface area (TPSA) is 66.0 Å². The summed E-state index contributed by atoms with van der Waals surface area (Å²) >= 11 is 0. The number of rotatable bonds is 2. The predicted octanol–water partition coefficient (Wildman–Crippen LogP) is 2.88. The molecule has 0 fully saturated rings. The highest BCUT2D eigenvalue weighted by Crippen LogP contribution is 2.23. The number of hydrogen-bond donors (Lipinski definition) is 2. The van der Waals surface area contributed by atoms with Crippen molar-refractivity contribution in [1.29, 1.82) is 0 Å². The molecular weight excluding hydrogens is 240 g/mol. The van der Waals surface area contributed by atoms with E-state index < -0.39 is 0 Å². The molecule has 1 heterocycles. The van der Waals surface area contributed by atoms with Gasteiger partial charge in [0.2, 0.25) is 5.88 Å². The number of aryl methyl sites for hydroxylation is 2. The highest BCUT2D eigenvalue weighted by molar-refractivity contribution is 5.58. The molecule has 4 heteroatoms. The van der Waals surface area contributed by atoms with Crippen LogP contribution in [0.1, 0.15) is 36.5 Å². The Balaban J connectivity index is 2.58. The van der Waals surface area contributed by atoms with E-state index >= 15 is 0 Å². The van der Waals surface area contributed by atoms with Gasteiger partial charge in [0.25, 0.3) is 5.56 Å². The zero-order chi connectivity index (χ0) is 14.2. The fourth-order valence-electron chi connectivity index (χ4n) is 2.02. The van der Waals surface area contributed by atoms with Crippen molar-refractivity contribution in [3.8, 4) is 17.3 Å². The zero-order valence-corrected chi connectivity index (χ0v) is 11.6. The van der Waals surface area contributed by atoms with E-state index in [-0.39, 0.29) is 17.4 Å². The van der Waals surface area contributed by atoms with Crippen LogP contribution in [0.4, 0.5) is 0 Å². The lowest BCUT2D eigenvalue weighted by molar-refractivity contribution is 0.440. The summed E-state index contributed by atoms with van der Waals surface area (Å²) in [6.45, 7) is 7.72. The Bertz CT molecular complexity index is 672. The molecule has 2 rings (SSSR count). The maximum Gasteiger partial charge on any atom is 0.258 e. The SMILES string of the molecule is Cc1ccc(-c2nc(O)c(C(C)C)c(=O)[nH]2)cc1C. The Labute approximate surface area is 112 Å². The molecule has 19 heavy (non-hydrogen) atoms. The molecule has 0 radical (unpaired) electrons. The lowest BCUT2D eigenvalue weighted by atomic mass is 10.0. The molecule has 2 N–H and O–H groups in total. The Hall–Kier alpha value is -2.10.